The van der Waals surface area contributed by atoms with Gasteiger partial charge in [0.05, 0.1) is 23.7 Å². The van der Waals surface area contributed by atoms with Crippen LogP contribution in [0, 0.1) is 5.92 Å². The van der Waals surface area contributed by atoms with E-state index >= 15 is 0 Å². The van der Waals surface area contributed by atoms with Crippen molar-refractivity contribution in [2.45, 2.75) is 32.4 Å². The summed E-state index contributed by atoms with van der Waals surface area (Å²) in [6.07, 6.45) is 1.06. The van der Waals surface area contributed by atoms with Crippen LogP contribution < -0.4 is 15.4 Å². The van der Waals surface area contributed by atoms with Gasteiger partial charge in [-0.3, -0.25) is 4.79 Å². The molecule has 3 atom stereocenters. The van der Waals surface area contributed by atoms with Crippen molar-refractivity contribution < 1.29 is 9.53 Å². The van der Waals surface area contributed by atoms with Crippen molar-refractivity contribution in [3.05, 3.63) is 28.2 Å². The van der Waals surface area contributed by atoms with Crippen LogP contribution >= 0.6 is 15.9 Å². The van der Waals surface area contributed by atoms with Crippen LogP contribution in [-0.2, 0) is 4.79 Å². The molecule has 1 saturated heterocycles. The van der Waals surface area contributed by atoms with Crippen LogP contribution in [-0.4, -0.2) is 25.6 Å². The zero-order valence-corrected chi connectivity index (χ0v) is 13.7. The summed E-state index contributed by atoms with van der Waals surface area (Å²) >= 11 is 3.47. The number of amides is 1. The minimum Gasteiger partial charge on any atom is -0.496 e. The zero-order chi connectivity index (χ0) is 14.7. The zero-order valence-electron chi connectivity index (χ0n) is 12.1. The third-order valence-corrected chi connectivity index (χ3v) is 4.47. The number of hydrogen-bond acceptors (Lipinski definition) is 3. The number of carbonyl (C=O) groups excluding carboxylic acids is 1. The summed E-state index contributed by atoms with van der Waals surface area (Å²) in [5.74, 6) is 1.26. The van der Waals surface area contributed by atoms with Gasteiger partial charge in [0.2, 0.25) is 5.91 Å². The second-order valence-electron chi connectivity index (χ2n) is 5.32. The van der Waals surface area contributed by atoms with E-state index in [1.54, 1.807) is 7.11 Å². The van der Waals surface area contributed by atoms with Gasteiger partial charge < -0.3 is 15.4 Å². The Kier molecular flexibility index (Phi) is 5.05. The normalized spacial score (nSPS) is 23.4. The van der Waals surface area contributed by atoms with E-state index in [2.05, 4.69) is 33.5 Å². The van der Waals surface area contributed by atoms with Gasteiger partial charge in [-0.05, 0) is 59.4 Å². The van der Waals surface area contributed by atoms with Crippen molar-refractivity contribution in [1.82, 2.24) is 10.6 Å². The molecule has 1 fully saturated rings. The summed E-state index contributed by atoms with van der Waals surface area (Å²) in [5, 5.41) is 6.32. The number of benzene rings is 1. The van der Waals surface area contributed by atoms with Crippen LogP contribution in [0.1, 0.15) is 31.9 Å². The fourth-order valence-corrected chi connectivity index (χ4v) is 3.08. The van der Waals surface area contributed by atoms with Gasteiger partial charge in [0.1, 0.15) is 5.75 Å². The summed E-state index contributed by atoms with van der Waals surface area (Å²) in [7, 11) is 1.64. The molecule has 1 aromatic carbocycles. The van der Waals surface area contributed by atoms with Crippen LogP contribution in [0.25, 0.3) is 0 Å². The molecule has 1 aromatic rings. The predicted molar refractivity (Wildman–Crippen MR) is 82.8 cm³/mol. The molecule has 0 saturated carbocycles. The van der Waals surface area contributed by atoms with E-state index in [4.69, 9.17) is 4.74 Å². The molecule has 0 radical (unpaired) electrons. The molecule has 1 heterocycles. The maximum atomic E-state index is 12.2. The van der Waals surface area contributed by atoms with Gasteiger partial charge in [-0.1, -0.05) is 13.0 Å². The number of halogens is 1. The number of ether oxygens (including phenoxy) is 1. The summed E-state index contributed by atoms with van der Waals surface area (Å²) < 4.78 is 6.11. The first-order valence-electron chi connectivity index (χ1n) is 6.90. The topological polar surface area (TPSA) is 50.4 Å². The number of nitrogens with one attached hydrogen (secondary N) is 2. The number of hydrogen-bond donors (Lipinski definition) is 2. The highest BCUT2D eigenvalue weighted by Crippen LogP contribution is 2.28. The molecule has 0 aliphatic carbocycles. The maximum absolute atomic E-state index is 12.2. The Morgan fingerprint density at radius 1 is 1.55 bits per heavy atom. The Balaban J connectivity index is 2.02. The van der Waals surface area contributed by atoms with Crippen molar-refractivity contribution in [3.8, 4) is 5.75 Å². The molecule has 0 bridgehead atoms. The Labute approximate surface area is 128 Å². The molecule has 3 unspecified atom stereocenters. The average molecular weight is 341 g/mol. The van der Waals surface area contributed by atoms with Crippen molar-refractivity contribution >= 4 is 21.8 Å². The van der Waals surface area contributed by atoms with Crippen LogP contribution in [0.15, 0.2) is 22.7 Å². The average Bonchev–Trinajstić information content (AvgIpc) is 2.84. The molecule has 2 N–H and O–H groups in total. The lowest BCUT2D eigenvalue weighted by atomic mass is 10.0. The van der Waals surface area contributed by atoms with Crippen molar-refractivity contribution in [2.24, 2.45) is 5.92 Å². The second kappa shape index (κ2) is 6.59. The molecule has 2 rings (SSSR count). The van der Waals surface area contributed by atoms with Crippen LogP contribution in [0.5, 0.6) is 5.75 Å². The monoisotopic (exact) mass is 340 g/mol. The molecule has 110 valence electrons. The van der Waals surface area contributed by atoms with E-state index in [9.17, 15) is 4.79 Å². The molecule has 20 heavy (non-hydrogen) atoms. The first-order valence-corrected chi connectivity index (χ1v) is 7.69. The van der Waals surface area contributed by atoms with Crippen LogP contribution in [0.4, 0.5) is 0 Å². The summed E-state index contributed by atoms with van der Waals surface area (Å²) in [6.45, 7) is 5.02. The van der Waals surface area contributed by atoms with E-state index in [1.807, 2.05) is 25.1 Å². The molecular weight excluding hydrogens is 320 g/mol. The lowest BCUT2D eigenvalue weighted by Gasteiger charge is -2.20. The molecule has 0 aromatic heterocycles. The van der Waals surface area contributed by atoms with Gasteiger partial charge in [-0.15, -0.1) is 0 Å². The first-order chi connectivity index (χ1) is 9.52. The lowest BCUT2D eigenvalue weighted by Crippen LogP contribution is -2.44. The third kappa shape index (κ3) is 3.33. The molecule has 1 aliphatic rings. The summed E-state index contributed by atoms with van der Waals surface area (Å²) in [6, 6.07) is 5.76. The molecule has 1 aliphatic heterocycles. The maximum Gasteiger partial charge on any atom is 0.237 e. The van der Waals surface area contributed by atoms with Gasteiger partial charge in [0.15, 0.2) is 0 Å². The van der Waals surface area contributed by atoms with Gasteiger partial charge in [0, 0.05) is 0 Å². The Hall–Kier alpha value is -1.07. The van der Waals surface area contributed by atoms with E-state index in [0.717, 1.165) is 28.8 Å². The highest BCUT2D eigenvalue weighted by Gasteiger charge is 2.29. The van der Waals surface area contributed by atoms with E-state index in [1.165, 1.54) is 0 Å². The van der Waals surface area contributed by atoms with Gasteiger partial charge in [0.25, 0.3) is 0 Å². The summed E-state index contributed by atoms with van der Waals surface area (Å²) in [5.41, 5.74) is 1.05. The minimum absolute atomic E-state index is 0.0284. The Morgan fingerprint density at radius 3 is 2.85 bits per heavy atom. The molecule has 0 spiro atoms. The molecule has 1 amide bonds. The SMILES string of the molecule is COc1ccc(C(C)NC(=O)C2NCCC2C)cc1Br. The quantitative estimate of drug-likeness (QED) is 0.885. The number of rotatable bonds is 4. The first kappa shape index (κ1) is 15.3. The lowest BCUT2D eigenvalue weighted by molar-refractivity contribution is -0.124. The third-order valence-electron chi connectivity index (χ3n) is 3.85. The predicted octanol–water partition coefficient (Wildman–Crippen LogP) is 2.63. The van der Waals surface area contributed by atoms with Gasteiger partial charge in [-0.2, -0.15) is 0 Å². The number of methoxy groups -OCH3 is 1. The highest BCUT2D eigenvalue weighted by molar-refractivity contribution is 9.10. The number of carbonyl (C=O) groups is 1. The summed E-state index contributed by atoms with van der Waals surface area (Å²) in [4.78, 5) is 12.2. The van der Waals surface area contributed by atoms with Crippen LogP contribution in [0.2, 0.25) is 0 Å². The van der Waals surface area contributed by atoms with E-state index < -0.39 is 0 Å². The largest absolute Gasteiger partial charge is 0.496 e. The van der Waals surface area contributed by atoms with Crippen molar-refractivity contribution in [1.29, 1.82) is 0 Å². The standard InChI is InChI=1S/C15H21BrN2O2/c1-9-6-7-17-14(9)15(19)18-10(2)11-4-5-13(20-3)12(16)8-11/h4-5,8-10,14,17H,6-7H2,1-3H3,(H,18,19). The molecule has 4 nitrogen and oxygen atoms in total. The van der Waals surface area contributed by atoms with E-state index in [-0.39, 0.29) is 18.0 Å². The minimum atomic E-state index is -0.0702. The molecular formula is C15H21BrN2O2. The fourth-order valence-electron chi connectivity index (χ4n) is 2.52. The van der Waals surface area contributed by atoms with Gasteiger partial charge in [-0.25, -0.2) is 0 Å². The fraction of sp³-hybridized carbons (Fsp3) is 0.533. The second-order valence-corrected chi connectivity index (χ2v) is 6.18. The Bertz CT molecular complexity index is 493. The Morgan fingerprint density at radius 2 is 2.30 bits per heavy atom. The van der Waals surface area contributed by atoms with Gasteiger partial charge >= 0.3 is 0 Å². The van der Waals surface area contributed by atoms with Crippen molar-refractivity contribution in [2.75, 3.05) is 13.7 Å². The van der Waals surface area contributed by atoms with E-state index in [0.29, 0.717) is 5.92 Å². The smallest absolute Gasteiger partial charge is 0.237 e. The molecule has 5 heteroatoms. The highest BCUT2D eigenvalue weighted by atomic mass is 79.9. The van der Waals surface area contributed by atoms with Crippen LogP contribution in [0.3, 0.4) is 0 Å². The van der Waals surface area contributed by atoms with Crippen molar-refractivity contribution in [3.63, 3.8) is 0 Å².